The van der Waals surface area contributed by atoms with Crippen LogP contribution in [0.15, 0.2) is 42.6 Å². The van der Waals surface area contributed by atoms with Crippen LogP contribution < -0.4 is 9.62 Å². The minimum Gasteiger partial charge on any atom is -0.378 e. The van der Waals surface area contributed by atoms with Crippen molar-refractivity contribution < 1.29 is 17.5 Å². The van der Waals surface area contributed by atoms with E-state index in [-0.39, 0.29) is 29.1 Å². The molecule has 1 saturated heterocycles. The predicted molar refractivity (Wildman–Crippen MR) is 129 cm³/mol. The van der Waals surface area contributed by atoms with Gasteiger partial charge in [-0.3, -0.25) is 0 Å². The zero-order valence-electron chi connectivity index (χ0n) is 19.4. The molecular formula is C25H33FN4O3S. The Balaban J connectivity index is 1.20. The first-order chi connectivity index (χ1) is 16.5. The molecule has 0 amide bonds. The van der Waals surface area contributed by atoms with Gasteiger partial charge in [-0.05, 0) is 80.7 Å². The zero-order chi connectivity index (χ0) is 23.5. The van der Waals surface area contributed by atoms with Gasteiger partial charge in [0.25, 0.3) is 0 Å². The summed E-state index contributed by atoms with van der Waals surface area (Å²) in [4.78, 5) is 2.17. The summed E-state index contributed by atoms with van der Waals surface area (Å²) in [5, 5.41) is 8.00. The van der Waals surface area contributed by atoms with Gasteiger partial charge >= 0.3 is 0 Å². The summed E-state index contributed by atoms with van der Waals surface area (Å²) in [7, 11) is -3.27. The third-order valence-electron chi connectivity index (χ3n) is 7.44. The lowest BCUT2D eigenvalue weighted by Gasteiger charge is -2.40. The Morgan fingerprint density at radius 1 is 1.06 bits per heavy atom. The Morgan fingerprint density at radius 2 is 1.88 bits per heavy atom. The lowest BCUT2D eigenvalue weighted by Crippen LogP contribution is -2.53. The summed E-state index contributed by atoms with van der Waals surface area (Å²) in [6, 6.07) is 10.6. The normalized spacial score (nSPS) is 28.1. The fourth-order valence-electron chi connectivity index (χ4n) is 5.29. The van der Waals surface area contributed by atoms with E-state index in [1.807, 2.05) is 18.2 Å². The molecule has 2 aliphatic carbocycles. The highest BCUT2D eigenvalue weighted by Crippen LogP contribution is 2.35. The second kappa shape index (κ2) is 10.3. The van der Waals surface area contributed by atoms with Gasteiger partial charge in [0.05, 0.1) is 18.0 Å². The summed E-state index contributed by atoms with van der Waals surface area (Å²) in [5.74, 6) is 1.04. The molecule has 2 heterocycles. The van der Waals surface area contributed by atoms with Crippen molar-refractivity contribution in [3.8, 4) is 0 Å². The van der Waals surface area contributed by atoms with Gasteiger partial charge in [-0.1, -0.05) is 12.1 Å². The number of piperidine rings is 1. The third kappa shape index (κ3) is 5.75. The molecule has 0 bridgehead atoms. The summed E-state index contributed by atoms with van der Waals surface area (Å²) in [5.41, 5.74) is 1.07. The van der Waals surface area contributed by atoms with Crippen LogP contribution in [0.1, 0.15) is 56.4 Å². The molecule has 1 unspecified atom stereocenters. The van der Waals surface area contributed by atoms with Gasteiger partial charge in [-0.2, -0.15) is 5.10 Å². The Kier molecular flexibility index (Phi) is 7.13. The Hall–Kier alpha value is -2.10. The molecule has 34 heavy (non-hydrogen) atoms. The van der Waals surface area contributed by atoms with Crippen LogP contribution in [0.3, 0.4) is 0 Å². The van der Waals surface area contributed by atoms with Gasteiger partial charge in [0.2, 0.25) is 10.0 Å². The molecule has 5 rings (SSSR count). The molecule has 7 nitrogen and oxygen atoms in total. The van der Waals surface area contributed by atoms with Gasteiger partial charge in [0, 0.05) is 31.2 Å². The second-order valence-corrected chi connectivity index (χ2v) is 11.9. The molecule has 0 radical (unpaired) electrons. The topological polar surface area (TPSA) is 84.4 Å². The molecule has 2 atom stereocenters. The number of hydrogen-bond donors (Lipinski definition) is 1. The van der Waals surface area contributed by atoms with Gasteiger partial charge < -0.3 is 9.64 Å². The number of aromatic nitrogens is 2. The fraction of sp³-hybridized carbons (Fsp3) is 0.600. The Labute approximate surface area is 201 Å². The maximum absolute atomic E-state index is 13.6. The molecule has 2 aromatic rings. The predicted octanol–water partition coefficient (Wildman–Crippen LogP) is 3.64. The van der Waals surface area contributed by atoms with E-state index in [9.17, 15) is 12.8 Å². The molecule has 3 fully saturated rings. The van der Waals surface area contributed by atoms with E-state index in [1.54, 1.807) is 18.3 Å². The number of ether oxygens (including phenoxy) is 1. The molecule has 9 heteroatoms. The van der Waals surface area contributed by atoms with Gasteiger partial charge in [0.15, 0.2) is 5.82 Å². The van der Waals surface area contributed by atoms with Crippen LogP contribution >= 0.6 is 0 Å². The SMILES string of the molecule is O=S(=O)(N[C@H]1CCN(c2cccnn2)CC1COC1CCC(c2cccc(F)c2)CC1)C1CC1. The highest BCUT2D eigenvalue weighted by molar-refractivity contribution is 7.90. The largest absolute Gasteiger partial charge is 0.378 e. The van der Waals surface area contributed by atoms with E-state index in [4.69, 9.17) is 4.74 Å². The van der Waals surface area contributed by atoms with Crippen molar-refractivity contribution in [2.24, 2.45) is 5.92 Å². The number of nitrogens with zero attached hydrogens (tertiary/aromatic N) is 3. The molecule has 1 aromatic heterocycles. The quantitative estimate of drug-likeness (QED) is 0.611. The number of rotatable bonds is 8. The van der Waals surface area contributed by atoms with E-state index < -0.39 is 10.0 Å². The first-order valence-corrected chi connectivity index (χ1v) is 13.9. The lowest BCUT2D eigenvalue weighted by atomic mass is 9.82. The number of sulfonamides is 1. The van der Waals surface area contributed by atoms with Crippen molar-refractivity contribution in [2.75, 3.05) is 24.6 Å². The van der Waals surface area contributed by atoms with Crippen molar-refractivity contribution in [3.05, 3.63) is 54.0 Å². The molecule has 3 aliphatic rings. The van der Waals surface area contributed by atoms with Crippen LogP contribution in [0.2, 0.25) is 0 Å². The molecule has 2 saturated carbocycles. The van der Waals surface area contributed by atoms with Crippen LogP contribution in [0, 0.1) is 11.7 Å². The molecule has 1 aromatic carbocycles. The average Bonchev–Trinajstić information content (AvgIpc) is 3.71. The maximum Gasteiger partial charge on any atom is 0.214 e. The minimum absolute atomic E-state index is 0.0326. The van der Waals surface area contributed by atoms with E-state index in [0.717, 1.165) is 56.5 Å². The third-order valence-corrected chi connectivity index (χ3v) is 9.42. The number of anilines is 1. The van der Waals surface area contributed by atoms with Crippen LogP contribution in [0.5, 0.6) is 0 Å². The standard InChI is InChI=1S/C25H33FN4O3S/c26-21-4-1-3-19(15-21)18-6-8-22(9-7-18)33-17-20-16-30(25-5-2-13-27-28-25)14-12-24(20)29-34(31,32)23-10-11-23/h1-5,13,15,18,20,22-24,29H,6-12,14,16-17H2/t18?,20?,22?,24-/m0/s1. The van der Waals surface area contributed by atoms with Crippen LogP contribution in [-0.4, -0.2) is 55.7 Å². The molecular weight excluding hydrogens is 455 g/mol. The summed E-state index contributed by atoms with van der Waals surface area (Å²) in [6.07, 6.45) is 7.83. The van der Waals surface area contributed by atoms with Gasteiger partial charge in [-0.15, -0.1) is 5.10 Å². The lowest BCUT2D eigenvalue weighted by molar-refractivity contribution is -0.00217. The van der Waals surface area contributed by atoms with Crippen molar-refractivity contribution in [1.29, 1.82) is 0 Å². The average molecular weight is 489 g/mol. The summed E-state index contributed by atoms with van der Waals surface area (Å²) >= 11 is 0. The van der Waals surface area contributed by atoms with E-state index >= 15 is 0 Å². The highest BCUT2D eigenvalue weighted by Gasteiger charge is 2.40. The number of benzene rings is 1. The van der Waals surface area contributed by atoms with Crippen molar-refractivity contribution >= 4 is 15.8 Å². The van der Waals surface area contributed by atoms with Crippen molar-refractivity contribution in [2.45, 2.75) is 68.3 Å². The molecule has 184 valence electrons. The number of halogens is 1. The van der Waals surface area contributed by atoms with Crippen molar-refractivity contribution in [1.82, 2.24) is 14.9 Å². The zero-order valence-corrected chi connectivity index (χ0v) is 20.2. The van der Waals surface area contributed by atoms with E-state index in [2.05, 4.69) is 19.8 Å². The second-order valence-electron chi connectivity index (χ2n) is 9.91. The first kappa shape index (κ1) is 23.6. The summed E-state index contributed by atoms with van der Waals surface area (Å²) < 4.78 is 48.2. The van der Waals surface area contributed by atoms with Crippen molar-refractivity contribution in [3.63, 3.8) is 0 Å². The molecule has 1 N–H and O–H groups in total. The fourth-order valence-corrected chi connectivity index (χ4v) is 6.98. The van der Waals surface area contributed by atoms with Gasteiger partial charge in [0.1, 0.15) is 5.82 Å². The van der Waals surface area contributed by atoms with E-state index in [1.165, 1.54) is 6.07 Å². The van der Waals surface area contributed by atoms with E-state index in [0.29, 0.717) is 25.5 Å². The number of nitrogens with one attached hydrogen (secondary N) is 1. The highest BCUT2D eigenvalue weighted by atomic mass is 32.2. The smallest absolute Gasteiger partial charge is 0.214 e. The Morgan fingerprint density at radius 3 is 2.59 bits per heavy atom. The molecule has 0 spiro atoms. The minimum atomic E-state index is -3.27. The van der Waals surface area contributed by atoms with Crippen LogP contribution in [-0.2, 0) is 14.8 Å². The first-order valence-electron chi connectivity index (χ1n) is 12.4. The van der Waals surface area contributed by atoms with Gasteiger partial charge in [-0.25, -0.2) is 17.5 Å². The number of hydrogen-bond acceptors (Lipinski definition) is 6. The Bertz CT molecular complexity index is 1060. The maximum atomic E-state index is 13.6. The molecule has 1 aliphatic heterocycles. The van der Waals surface area contributed by atoms with Crippen LogP contribution in [0.25, 0.3) is 0 Å². The summed E-state index contributed by atoms with van der Waals surface area (Å²) in [6.45, 7) is 1.91. The van der Waals surface area contributed by atoms with Crippen LogP contribution in [0.4, 0.5) is 10.2 Å². The monoisotopic (exact) mass is 488 g/mol.